The van der Waals surface area contributed by atoms with Crippen LogP contribution in [0.25, 0.3) is 0 Å². The SMILES string of the molecule is Cc1oc(/C=N\NC(=O)c2ccc(CN(c3ccccc3)S(C)(=O)=O)cc2)cc1Br. The summed E-state index contributed by atoms with van der Waals surface area (Å²) in [6.45, 7) is 1.97. The molecule has 0 saturated carbocycles. The van der Waals surface area contributed by atoms with Crippen LogP contribution in [0.2, 0.25) is 0 Å². The van der Waals surface area contributed by atoms with Crippen molar-refractivity contribution in [3.05, 3.63) is 87.8 Å². The first-order valence-corrected chi connectivity index (χ1v) is 11.6. The molecule has 30 heavy (non-hydrogen) atoms. The minimum absolute atomic E-state index is 0.162. The molecule has 0 bridgehead atoms. The molecular formula is C21H20BrN3O4S. The molecule has 1 aromatic heterocycles. The molecule has 0 saturated heterocycles. The molecule has 1 amide bonds. The third-order valence-electron chi connectivity index (χ3n) is 4.22. The van der Waals surface area contributed by atoms with Crippen molar-refractivity contribution in [1.29, 1.82) is 0 Å². The Hall–Kier alpha value is -2.91. The van der Waals surface area contributed by atoms with Crippen molar-refractivity contribution in [2.75, 3.05) is 10.6 Å². The van der Waals surface area contributed by atoms with Crippen LogP contribution in [-0.4, -0.2) is 26.8 Å². The maximum atomic E-state index is 12.3. The van der Waals surface area contributed by atoms with Crippen molar-refractivity contribution in [2.24, 2.45) is 5.10 Å². The minimum atomic E-state index is -3.46. The summed E-state index contributed by atoms with van der Waals surface area (Å²) < 4.78 is 32.0. The molecule has 0 radical (unpaired) electrons. The molecule has 0 aliphatic heterocycles. The van der Waals surface area contributed by atoms with Crippen LogP contribution < -0.4 is 9.73 Å². The van der Waals surface area contributed by atoms with E-state index in [4.69, 9.17) is 4.42 Å². The Labute approximate surface area is 183 Å². The number of halogens is 1. The molecule has 1 heterocycles. The smallest absolute Gasteiger partial charge is 0.271 e. The monoisotopic (exact) mass is 489 g/mol. The molecule has 3 aromatic rings. The first-order valence-electron chi connectivity index (χ1n) is 8.95. The summed E-state index contributed by atoms with van der Waals surface area (Å²) in [5.41, 5.74) is 4.17. The number of carbonyl (C=O) groups excluding carboxylic acids is 1. The molecule has 7 nitrogen and oxygen atoms in total. The number of hydrogen-bond acceptors (Lipinski definition) is 5. The normalized spacial score (nSPS) is 11.6. The zero-order valence-corrected chi connectivity index (χ0v) is 18.8. The molecule has 9 heteroatoms. The Bertz CT molecular complexity index is 1140. The second-order valence-electron chi connectivity index (χ2n) is 6.55. The van der Waals surface area contributed by atoms with E-state index in [0.717, 1.165) is 15.8 Å². The summed E-state index contributed by atoms with van der Waals surface area (Å²) in [5.74, 6) is 0.844. The van der Waals surface area contributed by atoms with E-state index in [0.29, 0.717) is 17.0 Å². The summed E-state index contributed by atoms with van der Waals surface area (Å²) in [4.78, 5) is 12.3. The zero-order valence-electron chi connectivity index (χ0n) is 16.4. The van der Waals surface area contributed by atoms with Crippen LogP contribution in [0.15, 0.2) is 74.7 Å². The molecule has 0 atom stereocenters. The van der Waals surface area contributed by atoms with Gasteiger partial charge in [-0.25, -0.2) is 13.8 Å². The second-order valence-corrected chi connectivity index (χ2v) is 9.32. The number of anilines is 1. The highest BCUT2D eigenvalue weighted by atomic mass is 79.9. The Morgan fingerprint density at radius 3 is 2.40 bits per heavy atom. The van der Waals surface area contributed by atoms with Gasteiger partial charge in [-0.05, 0) is 52.7 Å². The fourth-order valence-corrected chi connectivity index (χ4v) is 3.88. The summed E-state index contributed by atoms with van der Waals surface area (Å²) in [6, 6.07) is 17.3. The van der Waals surface area contributed by atoms with Crippen LogP contribution in [0.3, 0.4) is 0 Å². The molecule has 0 aliphatic rings. The number of amides is 1. The van der Waals surface area contributed by atoms with Gasteiger partial charge < -0.3 is 4.42 Å². The number of furan rings is 1. The molecule has 0 unspecified atom stereocenters. The lowest BCUT2D eigenvalue weighted by atomic mass is 10.1. The first kappa shape index (κ1) is 21.8. The van der Waals surface area contributed by atoms with Gasteiger partial charge in [-0.1, -0.05) is 30.3 Å². The van der Waals surface area contributed by atoms with Crippen molar-refractivity contribution < 1.29 is 17.6 Å². The lowest BCUT2D eigenvalue weighted by Gasteiger charge is -2.22. The highest BCUT2D eigenvalue weighted by Crippen LogP contribution is 2.21. The Morgan fingerprint density at radius 1 is 1.17 bits per heavy atom. The van der Waals surface area contributed by atoms with Gasteiger partial charge in [0.25, 0.3) is 5.91 Å². The van der Waals surface area contributed by atoms with E-state index in [1.54, 1.807) is 54.6 Å². The molecule has 0 aliphatic carbocycles. The highest BCUT2D eigenvalue weighted by Gasteiger charge is 2.17. The van der Waals surface area contributed by atoms with Crippen molar-refractivity contribution in [1.82, 2.24) is 5.43 Å². The highest BCUT2D eigenvalue weighted by molar-refractivity contribution is 9.10. The molecular weight excluding hydrogens is 470 g/mol. The van der Waals surface area contributed by atoms with Gasteiger partial charge in [0.1, 0.15) is 11.5 Å². The third kappa shape index (κ3) is 5.58. The zero-order chi connectivity index (χ0) is 21.7. The van der Waals surface area contributed by atoms with E-state index < -0.39 is 10.0 Å². The number of nitrogens with one attached hydrogen (secondary N) is 1. The average molecular weight is 490 g/mol. The van der Waals surface area contributed by atoms with Gasteiger partial charge in [0.05, 0.1) is 29.2 Å². The fourth-order valence-electron chi connectivity index (χ4n) is 2.69. The molecule has 0 fully saturated rings. The number of hydrazone groups is 1. The number of hydrogen-bond donors (Lipinski definition) is 1. The first-order chi connectivity index (χ1) is 14.2. The number of para-hydroxylation sites is 1. The second kappa shape index (κ2) is 9.27. The fraction of sp³-hybridized carbons (Fsp3) is 0.143. The van der Waals surface area contributed by atoms with E-state index in [-0.39, 0.29) is 12.5 Å². The molecule has 1 N–H and O–H groups in total. The van der Waals surface area contributed by atoms with E-state index in [9.17, 15) is 13.2 Å². The molecule has 2 aromatic carbocycles. The third-order valence-corrected chi connectivity index (χ3v) is 6.15. The maximum absolute atomic E-state index is 12.3. The van der Waals surface area contributed by atoms with Crippen molar-refractivity contribution in [3.63, 3.8) is 0 Å². The van der Waals surface area contributed by atoms with Crippen molar-refractivity contribution in [2.45, 2.75) is 13.5 Å². The minimum Gasteiger partial charge on any atom is -0.459 e. The Balaban J connectivity index is 1.67. The Kier molecular flexibility index (Phi) is 6.73. The maximum Gasteiger partial charge on any atom is 0.271 e. The van der Waals surface area contributed by atoms with Gasteiger partial charge in [0.15, 0.2) is 0 Å². The lowest BCUT2D eigenvalue weighted by molar-refractivity contribution is 0.0955. The van der Waals surface area contributed by atoms with Crippen LogP contribution in [0.5, 0.6) is 0 Å². The number of carbonyl (C=O) groups is 1. The largest absolute Gasteiger partial charge is 0.459 e. The predicted molar refractivity (Wildman–Crippen MR) is 120 cm³/mol. The Morgan fingerprint density at radius 2 is 1.83 bits per heavy atom. The van der Waals surface area contributed by atoms with Gasteiger partial charge in [0, 0.05) is 11.6 Å². The number of sulfonamides is 1. The number of benzene rings is 2. The lowest BCUT2D eigenvalue weighted by Crippen LogP contribution is -2.29. The van der Waals surface area contributed by atoms with E-state index in [2.05, 4.69) is 26.5 Å². The number of aryl methyl sites for hydroxylation is 1. The molecule has 0 spiro atoms. The van der Waals surface area contributed by atoms with Gasteiger partial charge in [-0.3, -0.25) is 9.10 Å². The summed E-state index contributed by atoms with van der Waals surface area (Å²) in [5, 5.41) is 3.89. The standard InChI is InChI=1S/C21H20BrN3O4S/c1-15-20(22)12-19(29-15)13-23-24-21(26)17-10-8-16(9-11-17)14-25(30(2,27)28)18-6-4-3-5-7-18/h3-13H,14H2,1-2H3,(H,24,26)/b23-13-. The number of nitrogens with zero attached hydrogens (tertiary/aromatic N) is 2. The summed E-state index contributed by atoms with van der Waals surface area (Å²) in [7, 11) is -3.46. The van der Waals surface area contributed by atoms with Gasteiger partial charge in [-0.15, -0.1) is 0 Å². The van der Waals surface area contributed by atoms with E-state index in [1.807, 2.05) is 13.0 Å². The van der Waals surface area contributed by atoms with Crippen molar-refractivity contribution in [3.8, 4) is 0 Å². The van der Waals surface area contributed by atoms with E-state index in [1.165, 1.54) is 16.8 Å². The van der Waals surface area contributed by atoms with E-state index >= 15 is 0 Å². The molecule has 3 rings (SSSR count). The van der Waals surface area contributed by atoms with Crippen molar-refractivity contribution >= 4 is 43.8 Å². The van der Waals surface area contributed by atoms with Crippen LogP contribution in [0.1, 0.15) is 27.4 Å². The predicted octanol–water partition coefficient (Wildman–Crippen LogP) is 4.08. The van der Waals surface area contributed by atoms with Crippen LogP contribution in [0, 0.1) is 6.92 Å². The summed E-state index contributed by atoms with van der Waals surface area (Å²) in [6.07, 6.45) is 2.58. The summed E-state index contributed by atoms with van der Waals surface area (Å²) >= 11 is 3.34. The average Bonchev–Trinajstić information content (AvgIpc) is 3.03. The van der Waals surface area contributed by atoms with Gasteiger partial charge in [-0.2, -0.15) is 5.10 Å². The number of rotatable bonds is 7. The topological polar surface area (TPSA) is 92.0 Å². The van der Waals surface area contributed by atoms with Crippen LogP contribution in [-0.2, 0) is 16.6 Å². The van der Waals surface area contributed by atoms with Crippen LogP contribution in [0.4, 0.5) is 5.69 Å². The van der Waals surface area contributed by atoms with Gasteiger partial charge in [0.2, 0.25) is 10.0 Å². The quantitative estimate of drug-likeness (QED) is 0.399. The molecule has 156 valence electrons. The van der Waals surface area contributed by atoms with Crippen LogP contribution >= 0.6 is 15.9 Å². The van der Waals surface area contributed by atoms with Gasteiger partial charge >= 0.3 is 0 Å².